The highest BCUT2D eigenvalue weighted by atomic mass is 32.2. The van der Waals surface area contributed by atoms with Crippen molar-refractivity contribution in [1.82, 2.24) is 14.9 Å². The normalized spacial score (nSPS) is 11.6. The van der Waals surface area contributed by atoms with E-state index in [0.29, 0.717) is 5.75 Å². The largest absolute Gasteiger partial charge is 0.360 e. The zero-order valence-electron chi connectivity index (χ0n) is 20.5. The summed E-state index contributed by atoms with van der Waals surface area (Å²) in [4.78, 5) is 24.4. The molecule has 3 aromatic rings. The summed E-state index contributed by atoms with van der Waals surface area (Å²) in [5.41, 5.74) is 2.23. The molecule has 0 radical (unpaired) electrons. The Morgan fingerprint density at radius 1 is 1.09 bits per heavy atom. The number of hydrogen-bond donors (Lipinski definition) is 1. The van der Waals surface area contributed by atoms with Crippen LogP contribution < -0.4 is 9.62 Å². The number of thioether (sulfide) groups is 1. The minimum absolute atomic E-state index is 0.0114. The van der Waals surface area contributed by atoms with Gasteiger partial charge in [0.15, 0.2) is 5.12 Å². The minimum Gasteiger partial charge on any atom is -0.360 e. The molecular weight excluding hydrogens is 482 g/mol. The second-order valence-electron chi connectivity index (χ2n) is 8.52. The van der Waals surface area contributed by atoms with Gasteiger partial charge in [0.25, 0.3) is 10.0 Å². The Labute approximate surface area is 211 Å². The van der Waals surface area contributed by atoms with Gasteiger partial charge in [-0.2, -0.15) is 0 Å². The molecule has 10 heteroatoms. The minimum atomic E-state index is -3.83. The first-order chi connectivity index (χ1) is 16.5. The summed E-state index contributed by atoms with van der Waals surface area (Å²) in [6, 6.07) is 12.0. The van der Waals surface area contributed by atoms with Crippen molar-refractivity contribution >= 4 is 55.0 Å². The molecule has 0 fully saturated rings. The van der Waals surface area contributed by atoms with E-state index in [1.165, 1.54) is 18.7 Å². The zero-order chi connectivity index (χ0) is 25.6. The van der Waals surface area contributed by atoms with Crippen LogP contribution in [0.25, 0.3) is 16.5 Å². The third kappa shape index (κ3) is 7.51. The summed E-state index contributed by atoms with van der Waals surface area (Å²) in [7, 11) is 2.27. The van der Waals surface area contributed by atoms with E-state index in [4.69, 9.17) is 0 Å². The molecule has 1 N–H and O–H groups in total. The van der Waals surface area contributed by atoms with Crippen LogP contribution in [-0.4, -0.2) is 68.4 Å². The second-order valence-corrected chi connectivity index (χ2v) is 11.4. The van der Waals surface area contributed by atoms with Crippen LogP contribution in [0.15, 0.2) is 60.1 Å². The first-order valence-electron chi connectivity index (χ1n) is 11.1. The van der Waals surface area contributed by atoms with Crippen molar-refractivity contribution in [3.05, 3.63) is 60.8 Å². The fraction of sp³-hybridized carbons (Fsp3) is 0.320. The SMILES string of the molecule is C=C(CSC(C)=O)c1ccc(NS(=O)(=O)c2ccc3nc(N(C)CCCN(C)C)ccc3c2)nc1. The number of sulfonamides is 1. The molecule has 2 heterocycles. The monoisotopic (exact) mass is 513 g/mol. The van der Waals surface area contributed by atoms with Crippen LogP contribution in [0.1, 0.15) is 18.9 Å². The molecule has 0 spiro atoms. The van der Waals surface area contributed by atoms with E-state index in [0.717, 1.165) is 47.4 Å². The molecule has 0 amide bonds. The first-order valence-corrected chi connectivity index (χ1v) is 13.6. The first kappa shape index (κ1) is 26.7. The van der Waals surface area contributed by atoms with Crippen molar-refractivity contribution in [3.8, 4) is 0 Å². The fourth-order valence-electron chi connectivity index (χ4n) is 3.34. The van der Waals surface area contributed by atoms with Gasteiger partial charge in [-0.25, -0.2) is 18.4 Å². The molecule has 0 saturated carbocycles. The molecule has 1 aromatic carbocycles. The van der Waals surface area contributed by atoms with Gasteiger partial charge in [-0.1, -0.05) is 18.3 Å². The Morgan fingerprint density at radius 3 is 2.51 bits per heavy atom. The van der Waals surface area contributed by atoms with Gasteiger partial charge in [0.05, 0.1) is 10.4 Å². The summed E-state index contributed by atoms with van der Waals surface area (Å²) in [5, 5.41) is 0.748. The van der Waals surface area contributed by atoms with Gasteiger partial charge in [0.1, 0.15) is 11.6 Å². The van der Waals surface area contributed by atoms with Crippen LogP contribution in [0.5, 0.6) is 0 Å². The predicted molar refractivity (Wildman–Crippen MR) is 145 cm³/mol. The zero-order valence-corrected chi connectivity index (χ0v) is 22.1. The van der Waals surface area contributed by atoms with E-state index in [2.05, 4.69) is 45.2 Å². The maximum absolute atomic E-state index is 12.9. The molecule has 2 aromatic heterocycles. The van der Waals surface area contributed by atoms with Gasteiger partial charge < -0.3 is 9.80 Å². The van der Waals surface area contributed by atoms with E-state index < -0.39 is 10.0 Å². The number of aromatic nitrogens is 2. The summed E-state index contributed by atoms with van der Waals surface area (Å²) in [6.45, 7) is 7.33. The Balaban J connectivity index is 1.71. The lowest BCUT2D eigenvalue weighted by Gasteiger charge is -2.20. The van der Waals surface area contributed by atoms with Crippen LogP contribution in [-0.2, 0) is 14.8 Å². The number of anilines is 2. The van der Waals surface area contributed by atoms with Crippen LogP contribution >= 0.6 is 11.8 Å². The van der Waals surface area contributed by atoms with Crippen molar-refractivity contribution in [2.45, 2.75) is 18.2 Å². The molecule has 0 saturated heterocycles. The van der Waals surface area contributed by atoms with E-state index in [1.807, 2.05) is 19.2 Å². The van der Waals surface area contributed by atoms with Crippen LogP contribution in [0.4, 0.5) is 11.6 Å². The third-order valence-corrected chi connectivity index (χ3v) is 7.56. The van der Waals surface area contributed by atoms with Crippen molar-refractivity contribution in [2.75, 3.05) is 49.6 Å². The maximum atomic E-state index is 12.9. The molecule has 0 aliphatic carbocycles. The number of nitrogens with zero attached hydrogens (tertiary/aromatic N) is 4. The molecule has 0 aliphatic rings. The number of hydrogen-bond acceptors (Lipinski definition) is 8. The van der Waals surface area contributed by atoms with E-state index in [-0.39, 0.29) is 15.8 Å². The average Bonchev–Trinajstić information content (AvgIpc) is 2.81. The number of pyridine rings is 2. The molecule has 186 valence electrons. The van der Waals surface area contributed by atoms with Gasteiger partial charge in [-0.15, -0.1) is 0 Å². The molecule has 0 aliphatic heterocycles. The predicted octanol–water partition coefficient (Wildman–Crippen LogP) is 4.11. The molecule has 0 atom stereocenters. The summed E-state index contributed by atoms with van der Waals surface area (Å²) < 4.78 is 28.4. The fourth-order valence-corrected chi connectivity index (χ4v) is 4.93. The van der Waals surface area contributed by atoms with E-state index in [1.54, 1.807) is 36.5 Å². The summed E-state index contributed by atoms with van der Waals surface area (Å²) in [5.74, 6) is 1.51. The third-order valence-electron chi connectivity index (χ3n) is 5.31. The number of benzene rings is 1. The standard InChI is InChI=1S/C25H31N5O3S2/c1-18(17-34-19(2)31)21-7-11-24(26-16-21)28-35(32,33)22-9-10-23-20(15-22)8-12-25(27-23)30(5)14-6-13-29(3)4/h7-12,15-16H,1,6,13-14,17H2,2-5H3,(H,26,28). The van der Waals surface area contributed by atoms with Crippen molar-refractivity contribution in [2.24, 2.45) is 0 Å². The highest BCUT2D eigenvalue weighted by molar-refractivity contribution is 8.13. The Hall–Kier alpha value is -2.95. The number of carbonyl (C=O) groups is 1. The molecule has 8 nitrogen and oxygen atoms in total. The lowest BCUT2D eigenvalue weighted by atomic mass is 10.1. The maximum Gasteiger partial charge on any atom is 0.263 e. The molecule has 0 bridgehead atoms. The molecule has 3 rings (SSSR count). The lowest BCUT2D eigenvalue weighted by molar-refractivity contribution is -0.109. The van der Waals surface area contributed by atoms with Gasteiger partial charge in [-0.05, 0) is 80.7 Å². The Bertz CT molecular complexity index is 1310. The Morgan fingerprint density at radius 2 is 1.86 bits per heavy atom. The van der Waals surface area contributed by atoms with E-state index >= 15 is 0 Å². The van der Waals surface area contributed by atoms with E-state index in [9.17, 15) is 13.2 Å². The molecular formula is C25H31N5O3S2. The topological polar surface area (TPSA) is 95.5 Å². The number of nitrogens with one attached hydrogen (secondary N) is 1. The van der Waals surface area contributed by atoms with Crippen molar-refractivity contribution in [3.63, 3.8) is 0 Å². The highest BCUT2D eigenvalue weighted by Gasteiger charge is 2.16. The molecule has 0 unspecified atom stereocenters. The van der Waals surface area contributed by atoms with Gasteiger partial charge in [0, 0.05) is 37.9 Å². The second kappa shape index (κ2) is 11.7. The van der Waals surface area contributed by atoms with Gasteiger partial charge in [-0.3, -0.25) is 9.52 Å². The van der Waals surface area contributed by atoms with Crippen molar-refractivity contribution in [1.29, 1.82) is 0 Å². The molecule has 35 heavy (non-hydrogen) atoms. The smallest absolute Gasteiger partial charge is 0.263 e. The van der Waals surface area contributed by atoms with Gasteiger partial charge in [0.2, 0.25) is 0 Å². The van der Waals surface area contributed by atoms with Crippen LogP contribution in [0.2, 0.25) is 0 Å². The van der Waals surface area contributed by atoms with Gasteiger partial charge >= 0.3 is 0 Å². The summed E-state index contributed by atoms with van der Waals surface area (Å²) in [6.07, 6.45) is 2.56. The summed E-state index contributed by atoms with van der Waals surface area (Å²) >= 11 is 1.17. The van der Waals surface area contributed by atoms with Crippen LogP contribution in [0, 0.1) is 0 Å². The van der Waals surface area contributed by atoms with Crippen LogP contribution in [0.3, 0.4) is 0 Å². The highest BCUT2D eigenvalue weighted by Crippen LogP contribution is 2.24. The number of fused-ring (bicyclic) bond motifs is 1. The quantitative estimate of drug-likeness (QED) is 0.409. The number of carbonyl (C=O) groups excluding carboxylic acids is 1. The Kier molecular flexibility index (Phi) is 8.87. The van der Waals surface area contributed by atoms with Crippen molar-refractivity contribution < 1.29 is 13.2 Å². The lowest BCUT2D eigenvalue weighted by Crippen LogP contribution is -2.24. The average molecular weight is 514 g/mol. The number of rotatable bonds is 11.